The zero-order chi connectivity index (χ0) is 26.5. The number of carbonyl (C=O) groups excluding carboxylic acids is 4. The molecule has 0 spiro atoms. The zero-order valence-electron chi connectivity index (χ0n) is 21.8. The molecule has 34 heavy (non-hydrogen) atoms. The summed E-state index contributed by atoms with van der Waals surface area (Å²) in [7, 11) is 0. The van der Waals surface area contributed by atoms with E-state index in [1.807, 2.05) is 27.7 Å². The molecule has 0 aromatic heterocycles. The number of nitrogens with zero attached hydrogens (tertiary/aromatic N) is 1. The van der Waals surface area contributed by atoms with Crippen LogP contribution in [-0.2, 0) is 23.4 Å². The molecule has 1 fully saturated rings. The van der Waals surface area contributed by atoms with Crippen molar-refractivity contribution in [1.29, 1.82) is 0 Å². The minimum absolute atomic E-state index is 0.0979. The third-order valence-corrected chi connectivity index (χ3v) is 6.03. The van der Waals surface area contributed by atoms with Gasteiger partial charge in [0.1, 0.15) is 0 Å². The summed E-state index contributed by atoms with van der Waals surface area (Å²) in [4.78, 5) is 48.3. The van der Waals surface area contributed by atoms with Gasteiger partial charge in [-0.2, -0.15) is 0 Å². The number of carbonyl (C=O) groups is 4. The summed E-state index contributed by atoms with van der Waals surface area (Å²) in [5, 5.41) is 14.3. The van der Waals surface area contributed by atoms with Crippen molar-refractivity contribution < 1.29 is 28.5 Å². The molecule has 1 aliphatic heterocycles. The predicted octanol–water partition coefficient (Wildman–Crippen LogP) is 2.33. The number of amides is 4. The second-order valence-corrected chi connectivity index (χ2v) is 10.3. The normalized spacial score (nSPS) is 17.6. The molecule has 0 aromatic carbocycles. The number of aliphatic hydroxyl groups excluding tert-OH is 1. The Kier molecular flexibility index (Phi) is 15.3. The number of thiol groups is 1. The second kappa shape index (κ2) is 16.1. The summed E-state index contributed by atoms with van der Waals surface area (Å²) in [5.41, 5.74) is -1.05. The summed E-state index contributed by atoms with van der Waals surface area (Å²) in [6.07, 6.45) is 1.65. The van der Waals surface area contributed by atoms with Crippen molar-refractivity contribution in [3.63, 3.8) is 0 Å². The summed E-state index contributed by atoms with van der Waals surface area (Å²) in [5.74, 6) is 0.266. The van der Waals surface area contributed by atoms with Gasteiger partial charge in [0, 0.05) is 51.4 Å². The monoisotopic (exact) mass is 503 g/mol. The molecule has 4 amide bonds. The average molecular weight is 504 g/mol. The van der Waals surface area contributed by atoms with Crippen molar-refractivity contribution in [2.24, 2.45) is 23.7 Å². The number of rotatable bonds is 13. The predicted molar refractivity (Wildman–Crippen MR) is 135 cm³/mol. The van der Waals surface area contributed by atoms with Crippen molar-refractivity contribution in [3.05, 3.63) is 0 Å². The van der Waals surface area contributed by atoms with Crippen LogP contribution in [0, 0.1) is 23.7 Å². The van der Waals surface area contributed by atoms with Crippen LogP contribution in [0.2, 0.25) is 0 Å². The molecule has 9 nitrogen and oxygen atoms in total. The van der Waals surface area contributed by atoms with Crippen LogP contribution in [0.4, 0.5) is 0 Å². The summed E-state index contributed by atoms with van der Waals surface area (Å²) < 4.78 is 4.79. The van der Waals surface area contributed by atoms with Crippen LogP contribution in [0.1, 0.15) is 74.1 Å². The molecule has 2 atom stereocenters. The van der Waals surface area contributed by atoms with Crippen molar-refractivity contribution in [1.82, 2.24) is 15.5 Å². The maximum absolute atomic E-state index is 12.0. The molecule has 3 N–H and O–H groups in total. The van der Waals surface area contributed by atoms with Gasteiger partial charge in [0.25, 0.3) is 5.91 Å². The summed E-state index contributed by atoms with van der Waals surface area (Å²) >= 11 is 3.65. The van der Waals surface area contributed by atoms with E-state index in [0.717, 1.165) is 6.42 Å². The molecule has 0 bridgehead atoms. The first-order chi connectivity index (χ1) is 15.8. The van der Waals surface area contributed by atoms with Gasteiger partial charge < -0.3 is 19.9 Å². The average Bonchev–Trinajstić information content (AvgIpc) is 3.04. The molecule has 2 unspecified atom stereocenters. The first-order valence-corrected chi connectivity index (χ1v) is 12.5. The fourth-order valence-electron chi connectivity index (χ4n) is 3.16. The Bertz CT molecular complexity index is 671. The Hall–Kier alpha value is -1.65. The molecule has 1 saturated heterocycles. The van der Waals surface area contributed by atoms with Crippen LogP contribution in [0.15, 0.2) is 0 Å². The lowest BCUT2D eigenvalue weighted by Crippen LogP contribution is -2.46. The van der Waals surface area contributed by atoms with E-state index in [2.05, 4.69) is 37.4 Å². The Morgan fingerprint density at radius 1 is 1.15 bits per heavy atom. The smallest absolute Gasteiger partial charge is 0.253 e. The Balaban J connectivity index is 0.000000686. The van der Waals surface area contributed by atoms with Gasteiger partial charge in [0.05, 0.1) is 0 Å². The van der Waals surface area contributed by atoms with E-state index in [1.165, 1.54) is 4.90 Å². The lowest BCUT2D eigenvalue weighted by atomic mass is 9.94. The molecule has 1 rings (SSSR count). The van der Waals surface area contributed by atoms with Crippen LogP contribution in [0.25, 0.3) is 0 Å². The zero-order valence-corrected chi connectivity index (χ0v) is 22.7. The van der Waals surface area contributed by atoms with Gasteiger partial charge >= 0.3 is 0 Å². The van der Waals surface area contributed by atoms with Crippen molar-refractivity contribution in [3.8, 4) is 0 Å². The number of likely N-dealkylation sites (tertiary alicyclic amines) is 1. The molecule has 198 valence electrons. The van der Waals surface area contributed by atoms with E-state index in [9.17, 15) is 19.2 Å². The van der Waals surface area contributed by atoms with Crippen molar-refractivity contribution >= 4 is 36.5 Å². The number of hydrogen-bond acceptors (Lipinski definition) is 7. The maximum atomic E-state index is 12.0. The number of aliphatic hydroxyl groups is 1. The highest BCUT2D eigenvalue weighted by molar-refractivity contribution is 7.75. The standard InChI is InChI=1S/C15H26N2O3.C9H19NO3S/c1-10(2)5-7-16-13(18)6-8-17-14(19)9-12(11(3)4)15(17)20;1-7(2)6-10-8(12)9(3,13-14)4-5-11/h10-12H,5-9H2,1-4H3,(H,16,18);7,11,14H,4-6H2,1-3H3,(H,10,12). The van der Waals surface area contributed by atoms with Gasteiger partial charge in [0.2, 0.25) is 17.7 Å². The fraction of sp³-hybridized carbons (Fsp3) is 0.833. The van der Waals surface area contributed by atoms with Gasteiger partial charge in [-0.15, -0.1) is 0 Å². The molecule has 1 heterocycles. The molecule has 0 aromatic rings. The highest BCUT2D eigenvalue weighted by Gasteiger charge is 2.39. The molecule has 1 aliphatic rings. The van der Waals surface area contributed by atoms with Crippen molar-refractivity contribution in [2.45, 2.75) is 79.8 Å². The Morgan fingerprint density at radius 3 is 2.21 bits per heavy atom. The van der Waals surface area contributed by atoms with Gasteiger partial charge in [-0.3, -0.25) is 24.1 Å². The van der Waals surface area contributed by atoms with E-state index in [1.54, 1.807) is 6.92 Å². The number of hydrogen-bond donors (Lipinski definition) is 4. The largest absolute Gasteiger partial charge is 0.396 e. The molecule has 0 aliphatic carbocycles. The van der Waals surface area contributed by atoms with Crippen LogP contribution in [-0.4, -0.2) is 65.5 Å². The molecular weight excluding hydrogens is 458 g/mol. The second-order valence-electron chi connectivity index (χ2n) is 10.1. The molecule has 0 radical (unpaired) electrons. The topological polar surface area (TPSA) is 125 Å². The Labute approximate surface area is 210 Å². The SMILES string of the molecule is CC(C)CCNC(=O)CCN1C(=O)CC(C(C)C)C1=O.CC(C)CNC(=O)C(C)(CCO)OS. The molecule has 0 saturated carbocycles. The Morgan fingerprint density at radius 2 is 1.76 bits per heavy atom. The van der Waals surface area contributed by atoms with E-state index in [-0.39, 0.29) is 67.9 Å². The van der Waals surface area contributed by atoms with Gasteiger partial charge in [-0.25, -0.2) is 0 Å². The number of imide groups is 1. The third kappa shape index (κ3) is 11.7. The minimum Gasteiger partial charge on any atom is -0.396 e. The highest BCUT2D eigenvalue weighted by Crippen LogP contribution is 2.26. The maximum Gasteiger partial charge on any atom is 0.253 e. The lowest BCUT2D eigenvalue weighted by molar-refractivity contribution is -0.140. The van der Waals surface area contributed by atoms with E-state index in [0.29, 0.717) is 24.9 Å². The first-order valence-electron chi connectivity index (χ1n) is 12.1. The molecule has 10 heteroatoms. The summed E-state index contributed by atoms with van der Waals surface area (Å²) in [6.45, 7) is 15.0. The fourth-order valence-corrected chi connectivity index (χ4v) is 3.34. The van der Waals surface area contributed by atoms with E-state index < -0.39 is 5.60 Å². The highest BCUT2D eigenvalue weighted by atomic mass is 32.1. The quantitative estimate of drug-likeness (QED) is 0.174. The molecular formula is C24H45N3O6S. The lowest BCUT2D eigenvalue weighted by Gasteiger charge is -2.25. The van der Waals surface area contributed by atoms with Gasteiger partial charge in [-0.05, 0) is 44.0 Å². The number of nitrogens with one attached hydrogen (secondary N) is 2. The third-order valence-electron chi connectivity index (χ3n) is 5.63. The van der Waals surface area contributed by atoms with Crippen LogP contribution in [0.3, 0.4) is 0 Å². The van der Waals surface area contributed by atoms with Gasteiger partial charge in [0.15, 0.2) is 5.60 Å². The van der Waals surface area contributed by atoms with E-state index >= 15 is 0 Å². The minimum atomic E-state index is -1.05. The van der Waals surface area contributed by atoms with Crippen LogP contribution < -0.4 is 10.6 Å². The first kappa shape index (κ1) is 32.4. The van der Waals surface area contributed by atoms with Crippen LogP contribution >= 0.6 is 12.9 Å². The van der Waals surface area contributed by atoms with Gasteiger partial charge in [-0.1, -0.05) is 41.5 Å². The van der Waals surface area contributed by atoms with E-state index in [4.69, 9.17) is 9.29 Å². The summed E-state index contributed by atoms with van der Waals surface area (Å²) in [6, 6.07) is 0. The van der Waals surface area contributed by atoms with Crippen molar-refractivity contribution in [2.75, 3.05) is 26.2 Å². The van der Waals surface area contributed by atoms with Crippen LogP contribution in [0.5, 0.6) is 0 Å².